The molecule has 0 radical (unpaired) electrons. The van der Waals surface area contributed by atoms with Crippen molar-refractivity contribution in [3.63, 3.8) is 0 Å². The summed E-state index contributed by atoms with van der Waals surface area (Å²) in [6.45, 7) is 2.29. The molecule has 1 unspecified atom stereocenters. The molecule has 1 saturated carbocycles. The third-order valence-corrected chi connectivity index (χ3v) is 7.92. The van der Waals surface area contributed by atoms with Crippen molar-refractivity contribution < 1.29 is 13.2 Å². The highest BCUT2D eigenvalue weighted by atomic mass is 32.2. The molecule has 2 fully saturated rings. The van der Waals surface area contributed by atoms with Gasteiger partial charge in [0.05, 0.1) is 29.6 Å². The summed E-state index contributed by atoms with van der Waals surface area (Å²) >= 11 is 0. The number of benzene rings is 1. The zero-order valence-corrected chi connectivity index (χ0v) is 18.9. The quantitative estimate of drug-likeness (QED) is 0.671. The van der Waals surface area contributed by atoms with Crippen molar-refractivity contribution in [2.24, 2.45) is 0 Å². The van der Waals surface area contributed by atoms with Gasteiger partial charge in [0, 0.05) is 25.8 Å². The van der Waals surface area contributed by atoms with Crippen molar-refractivity contribution in [2.75, 3.05) is 23.7 Å². The largest absolute Gasteiger partial charge is 0.334 e. The van der Waals surface area contributed by atoms with Crippen LogP contribution >= 0.6 is 0 Å². The Labute approximate surface area is 185 Å². The molecule has 2 aromatic rings. The number of aromatic nitrogens is 2. The Hall–Kier alpha value is -3.08. The van der Waals surface area contributed by atoms with Crippen LogP contribution in [0.15, 0.2) is 40.1 Å². The molecule has 2 heterocycles. The lowest BCUT2D eigenvalue weighted by Gasteiger charge is -2.27. The molecular formula is C21H27N5O5S. The van der Waals surface area contributed by atoms with Crippen LogP contribution in [0.5, 0.6) is 0 Å². The van der Waals surface area contributed by atoms with E-state index in [1.807, 2.05) is 13.0 Å². The summed E-state index contributed by atoms with van der Waals surface area (Å²) in [7, 11) is -1.65. The third kappa shape index (κ3) is 4.43. The first-order valence-electron chi connectivity index (χ1n) is 10.6. The van der Waals surface area contributed by atoms with Gasteiger partial charge in [-0.25, -0.2) is 18.0 Å². The van der Waals surface area contributed by atoms with Crippen molar-refractivity contribution in [1.82, 2.24) is 19.8 Å². The van der Waals surface area contributed by atoms with E-state index in [1.54, 1.807) is 25.2 Å². The minimum Gasteiger partial charge on any atom is -0.334 e. The van der Waals surface area contributed by atoms with Gasteiger partial charge in [-0.3, -0.25) is 18.7 Å². The molecule has 1 saturated heterocycles. The van der Waals surface area contributed by atoms with Crippen LogP contribution in [-0.4, -0.2) is 48.2 Å². The van der Waals surface area contributed by atoms with E-state index in [0.717, 1.165) is 18.4 Å². The van der Waals surface area contributed by atoms with Gasteiger partial charge in [-0.05, 0) is 43.9 Å². The molecule has 1 atom stereocenters. The summed E-state index contributed by atoms with van der Waals surface area (Å²) in [4.78, 5) is 40.5. The van der Waals surface area contributed by atoms with Crippen LogP contribution in [0.2, 0.25) is 0 Å². The van der Waals surface area contributed by atoms with Crippen molar-refractivity contribution >= 4 is 21.7 Å². The smallest absolute Gasteiger partial charge is 0.328 e. The average molecular weight is 462 g/mol. The highest BCUT2D eigenvalue weighted by Crippen LogP contribution is 2.33. The molecule has 1 aliphatic heterocycles. The number of hydrogen-bond acceptors (Lipinski definition) is 5. The fourth-order valence-corrected chi connectivity index (χ4v) is 5.40. The molecule has 32 heavy (non-hydrogen) atoms. The summed E-state index contributed by atoms with van der Waals surface area (Å²) in [5.41, 5.74) is 0.754. The molecule has 0 bridgehead atoms. The van der Waals surface area contributed by atoms with Crippen LogP contribution in [0.1, 0.15) is 49.4 Å². The number of carbonyl (C=O) groups excluding carboxylic acids is 1. The molecule has 11 heteroatoms. The van der Waals surface area contributed by atoms with Gasteiger partial charge in [0.25, 0.3) is 5.56 Å². The highest BCUT2D eigenvalue weighted by molar-refractivity contribution is 7.93. The zero-order valence-electron chi connectivity index (χ0n) is 18.1. The number of urea groups is 1. The second-order valence-electron chi connectivity index (χ2n) is 8.33. The Bertz CT molecular complexity index is 1250. The lowest BCUT2D eigenvalue weighted by molar-refractivity contribution is 0.194. The third-order valence-electron chi connectivity index (χ3n) is 6.05. The topological polar surface area (TPSA) is 125 Å². The number of rotatable bonds is 6. The van der Waals surface area contributed by atoms with E-state index >= 15 is 0 Å². The summed E-state index contributed by atoms with van der Waals surface area (Å²) in [6, 6.07) is 6.55. The molecule has 1 aliphatic carbocycles. The van der Waals surface area contributed by atoms with Crippen LogP contribution in [0, 0.1) is 0 Å². The lowest BCUT2D eigenvalue weighted by Crippen LogP contribution is -2.40. The fourth-order valence-electron chi connectivity index (χ4n) is 3.84. The van der Waals surface area contributed by atoms with Gasteiger partial charge < -0.3 is 10.2 Å². The number of nitrogens with one attached hydrogen (secondary N) is 2. The predicted octanol–water partition coefficient (Wildman–Crippen LogP) is 1.31. The molecule has 4 rings (SSSR count). The monoisotopic (exact) mass is 461 g/mol. The van der Waals surface area contributed by atoms with Crippen LogP contribution in [0.25, 0.3) is 0 Å². The van der Waals surface area contributed by atoms with E-state index in [-0.39, 0.29) is 30.4 Å². The van der Waals surface area contributed by atoms with Crippen molar-refractivity contribution in [3.05, 3.63) is 62.4 Å². The lowest BCUT2D eigenvalue weighted by atomic mass is 10.1. The first kappa shape index (κ1) is 22.1. The molecule has 0 spiro atoms. The standard InChI is InChI=1S/C21H27N5O5S/c1-14(15-5-3-6-18(11-15)26-9-4-10-32(26,30)31)24(2)20(28)22-12-16-13-25(17-7-8-17)21(29)23-19(16)27/h3,5-6,11,13-14,17H,4,7-10,12H2,1-2H3,(H,22,28)(H,23,27,29). The Balaban J connectivity index is 1.44. The summed E-state index contributed by atoms with van der Waals surface area (Å²) < 4.78 is 27.4. The van der Waals surface area contributed by atoms with Gasteiger partial charge in [-0.15, -0.1) is 0 Å². The number of carbonyl (C=O) groups is 1. The van der Waals surface area contributed by atoms with Gasteiger partial charge in [-0.1, -0.05) is 12.1 Å². The molecule has 10 nitrogen and oxygen atoms in total. The van der Waals surface area contributed by atoms with E-state index in [4.69, 9.17) is 0 Å². The second-order valence-corrected chi connectivity index (χ2v) is 10.3. The number of sulfonamides is 1. The SMILES string of the molecule is CC(c1cccc(N2CCCS2(=O)=O)c1)N(C)C(=O)NCc1cn(C2CC2)c(=O)[nH]c1=O. The maximum absolute atomic E-state index is 12.7. The van der Waals surface area contributed by atoms with E-state index in [2.05, 4.69) is 10.3 Å². The van der Waals surface area contributed by atoms with Crippen LogP contribution in [0.3, 0.4) is 0 Å². The first-order valence-corrected chi connectivity index (χ1v) is 12.2. The van der Waals surface area contributed by atoms with Crippen LogP contribution in [-0.2, 0) is 16.6 Å². The first-order chi connectivity index (χ1) is 15.2. The Morgan fingerprint density at radius 2 is 2.06 bits per heavy atom. The molecule has 2 aliphatic rings. The Kier molecular flexibility index (Phi) is 5.85. The van der Waals surface area contributed by atoms with Gasteiger partial charge in [0.15, 0.2) is 0 Å². The van der Waals surface area contributed by atoms with Crippen molar-refractivity contribution in [3.8, 4) is 0 Å². The van der Waals surface area contributed by atoms with Crippen molar-refractivity contribution in [2.45, 2.75) is 44.8 Å². The maximum Gasteiger partial charge on any atom is 0.328 e. The Morgan fingerprint density at radius 3 is 2.72 bits per heavy atom. The molecule has 1 aromatic carbocycles. The van der Waals surface area contributed by atoms with Gasteiger partial charge in [0.1, 0.15) is 0 Å². The van der Waals surface area contributed by atoms with E-state index in [9.17, 15) is 22.8 Å². The molecule has 1 aromatic heterocycles. The maximum atomic E-state index is 12.7. The van der Waals surface area contributed by atoms with Crippen molar-refractivity contribution in [1.29, 1.82) is 0 Å². The highest BCUT2D eigenvalue weighted by Gasteiger charge is 2.29. The predicted molar refractivity (Wildman–Crippen MR) is 120 cm³/mol. The zero-order chi connectivity index (χ0) is 23.0. The minimum atomic E-state index is -3.29. The van der Waals surface area contributed by atoms with Gasteiger partial charge in [0.2, 0.25) is 10.0 Å². The summed E-state index contributed by atoms with van der Waals surface area (Å²) in [5, 5.41) is 2.72. The minimum absolute atomic E-state index is 0.00964. The van der Waals surface area contributed by atoms with E-state index in [1.165, 1.54) is 20.0 Å². The van der Waals surface area contributed by atoms with E-state index in [0.29, 0.717) is 24.2 Å². The van der Waals surface area contributed by atoms with Gasteiger partial charge in [-0.2, -0.15) is 0 Å². The normalized spacial score (nSPS) is 18.4. The van der Waals surface area contributed by atoms with Crippen LogP contribution < -0.4 is 20.9 Å². The molecule has 2 N–H and O–H groups in total. The number of hydrogen-bond donors (Lipinski definition) is 2. The van der Waals surface area contributed by atoms with Crippen LogP contribution in [0.4, 0.5) is 10.5 Å². The number of anilines is 1. The molecule has 172 valence electrons. The number of amides is 2. The van der Waals surface area contributed by atoms with Gasteiger partial charge >= 0.3 is 11.7 Å². The number of aromatic amines is 1. The summed E-state index contributed by atoms with van der Waals surface area (Å²) in [6.07, 6.45) is 3.91. The Morgan fingerprint density at radius 1 is 1.31 bits per heavy atom. The molecule has 2 amide bonds. The molecular weight excluding hydrogens is 434 g/mol. The average Bonchev–Trinajstić information content (AvgIpc) is 3.54. The number of H-pyrrole nitrogens is 1. The fraction of sp³-hybridized carbons (Fsp3) is 0.476. The van der Waals surface area contributed by atoms with E-state index < -0.39 is 21.3 Å². The number of nitrogens with zero attached hydrogens (tertiary/aromatic N) is 3. The second kappa shape index (κ2) is 8.45. The summed E-state index contributed by atoms with van der Waals surface area (Å²) in [5.74, 6) is 0.141.